The lowest BCUT2D eigenvalue weighted by atomic mass is 10.1. The largest absolute Gasteiger partial charge is 0.486 e. The molecule has 0 unspecified atom stereocenters. The molecule has 2 amide bonds. The van der Waals surface area contributed by atoms with E-state index in [-0.39, 0.29) is 12.1 Å². The van der Waals surface area contributed by atoms with Crippen molar-refractivity contribution in [1.82, 2.24) is 10.3 Å². The molecule has 1 aliphatic rings. The summed E-state index contributed by atoms with van der Waals surface area (Å²) in [5.41, 5.74) is 0.952. The van der Waals surface area contributed by atoms with Crippen molar-refractivity contribution >= 4 is 22.5 Å². The Bertz CT molecular complexity index is 630. The first-order valence-electron chi connectivity index (χ1n) is 6.59. The van der Waals surface area contributed by atoms with Crippen molar-refractivity contribution in [2.24, 2.45) is 0 Å². The maximum absolute atomic E-state index is 11.9. The Morgan fingerprint density at radius 2 is 2.14 bits per heavy atom. The fraction of sp³-hybridized carbons (Fsp3) is 0.286. The highest BCUT2D eigenvalue weighted by Gasteiger charge is 2.16. The summed E-state index contributed by atoms with van der Waals surface area (Å²) in [7, 11) is 0. The summed E-state index contributed by atoms with van der Waals surface area (Å²) < 4.78 is 11.0. The van der Waals surface area contributed by atoms with E-state index >= 15 is 0 Å². The number of ether oxygens (including phenoxy) is 2. The highest BCUT2D eigenvalue weighted by molar-refractivity contribution is 7.13. The SMILES string of the molecule is C[C@@H](NC(=O)Nc1nccs1)c1ccc2c(c1)OCCO2. The number of nitrogens with zero attached hydrogens (tertiary/aromatic N) is 1. The molecule has 2 N–H and O–H groups in total. The van der Waals surface area contributed by atoms with Crippen LogP contribution in [0.5, 0.6) is 11.5 Å². The molecule has 0 spiro atoms. The van der Waals surface area contributed by atoms with Gasteiger partial charge in [-0.05, 0) is 24.6 Å². The minimum absolute atomic E-state index is 0.152. The summed E-state index contributed by atoms with van der Waals surface area (Å²) in [6.45, 7) is 3.02. The number of amides is 2. The summed E-state index contributed by atoms with van der Waals surface area (Å²) in [4.78, 5) is 15.9. The average molecular weight is 305 g/mol. The number of fused-ring (bicyclic) bond motifs is 1. The molecule has 7 heteroatoms. The van der Waals surface area contributed by atoms with Gasteiger partial charge in [0.05, 0.1) is 6.04 Å². The van der Waals surface area contributed by atoms with Gasteiger partial charge in [0, 0.05) is 11.6 Å². The van der Waals surface area contributed by atoms with E-state index in [1.807, 2.05) is 25.1 Å². The number of urea groups is 1. The molecule has 2 heterocycles. The lowest BCUT2D eigenvalue weighted by Crippen LogP contribution is -2.31. The predicted octanol–water partition coefficient (Wildman–Crippen LogP) is 2.80. The monoisotopic (exact) mass is 305 g/mol. The normalized spacial score (nSPS) is 14.3. The Hall–Kier alpha value is -2.28. The van der Waals surface area contributed by atoms with Crippen LogP contribution in [0, 0.1) is 0 Å². The highest BCUT2D eigenvalue weighted by Crippen LogP contribution is 2.32. The molecule has 0 saturated carbocycles. The van der Waals surface area contributed by atoms with Gasteiger partial charge in [-0.3, -0.25) is 5.32 Å². The second-order valence-corrected chi connectivity index (χ2v) is 5.46. The molecule has 6 nitrogen and oxygen atoms in total. The van der Waals surface area contributed by atoms with Gasteiger partial charge in [-0.25, -0.2) is 9.78 Å². The number of carbonyl (C=O) groups excluding carboxylic acids is 1. The third-order valence-electron chi connectivity index (χ3n) is 3.07. The van der Waals surface area contributed by atoms with Crippen LogP contribution >= 0.6 is 11.3 Å². The smallest absolute Gasteiger partial charge is 0.321 e. The van der Waals surface area contributed by atoms with Crippen molar-refractivity contribution in [2.45, 2.75) is 13.0 Å². The number of benzene rings is 1. The number of aromatic nitrogens is 1. The Morgan fingerprint density at radius 1 is 1.33 bits per heavy atom. The molecule has 1 aromatic heterocycles. The van der Waals surface area contributed by atoms with E-state index in [4.69, 9.17) is 9.47 Å². The van der Waals surface area contributed by atoms with Crippen molar-refractivity contribution in [3.05, 3.63) is 35.3 Å². The van der Waals surface area contributed by atoms with E-state index in [1.54, 1.807) is 11.6 Å². The summed E-state index contributed by atoms with van der Waals surface area (Å²) in [5, 5.41) is 7.92. The first kappa shape index (κ1) is 13.7. The maximum Gasteiger partial charge on any atom is 0.321 e. The van der Waals surface area contributed by atoms with Crippen molar-refractivity contribution < 1.29 is 14.3 Å². The van der Waals surface area contributed by atoms with Crippen LogP contribution in [-0.2, 0) is 0 Å². The van der Waals surface area contributed by atoms with Crippen LogP contribution in [0.15, 0.2) is 29.8 Å². The number of rotatable bonds is 3. The van der Waals surface area contributed by atoms with E-state index in [9.17, 15) is 4.79 Å². The zero-order valence-corrected chi connectivity index (χ0v) is 12.3. The fourth-order valence-corrected chi connectivity index (χ4v) is 2.55. The molecule has 0 radical (unpaired) electrons. The van der Waals surface area contributed by atoms with Gasteiger partial charge in [0.2, 0.25) is 0 Å². The van der Waals surface area contributed by atoms with Gasteiger partial charge in [0.25, 0.3) is 0 Å². The second-order valence-electron chi connectivity index (χ2n) is 4.56. The number of nitrogens with one attached hydrogen (secondary N) is 2. The van der Waals surface area contributed by atoms with Crippen LogP contribution in [0.4, 0.5) is 9.93 Å². The number of anilines is 1. The van der Waals surface area contributed by atoms with Crippen molar-refractivity contribution in [2.75, 3.05) is 18.5 Å². The summed E-state index contributed by atoms with van der Waals surface area (Å²) in [5.74, 6) is 1.46. The van der Waals surface area contributed by atoms with Crippen LogP contribution in [0.25, 0.3) is 0 Å². The molecule has 110 valence electrons. The van der Waals surface area contributed by atoms with Crippen LogP contribution in [0.2, 0.25) is 0 Å². The van der Waals surface area contributed by atoms with Gasteiger partial charge >= 0.3 is 6.03 Å². The molecule has 1 aromatic carbocycles. The predicted molar refractivity (Wildman–Crippen MR) is 80.1 cm³/mol. The Labute approximate surface area is 126 Å². The molecular formula is C14H15N3O3S. The third kappa shape index (κ3) is 3.25. The molecule has 0 saturated heterocycles. The first-order valence-corrected chi connectivity index (χ1v) is 7.47. The molecule has 0 aliphatic carbocycles. The Kier molecular flexibility index (Phi) is 3.92. The topological polar surface area (TPSA) is 72.5 Å². The zero-order chi connectivity index (χ0) is 14.7. The quantitative estimate of drug-likeness (QED) is 0.914. The van der Waals surface area contributed by atoms with E-state index in [0.717, 1.165) is 11.3 Å². The molecular weight excluding hydrogens is 290 g/mol. The lowest BCUT2D eigenvalue weighted by molar-refractivity contribution is 0.171. The van der Waals surface area contributed by atoms with Gasteiger partial charge in [-0.1, -0.05) is 6.07 Å². The van der Waals surface area contributed by atoms with Crippen LogP contribution in [0.3, 0.4) is 0 Å². The molecule has 3 rings (SSSR count). The lowest BCUT2D eigenvalue weighted by Gasteiger charge is -2.21. The standard InChI is InChI=1S/C14H15N3O3S/c1-9(16-13(18)17-14-15-4-7-21-14)10-2-3-11-12(8-10)20-6-5-19-11/h2-4,7-9H,5-6H2,1H3,(H2,15,16,17,18)/t9-/m1/s1. The van der Waals surface area contributed by atoms with Gasteiger partial charge in [-0.15, -0.1) is 11.3 Å². The highest BCUT2D eigenvalue weighted by atomic mass is 32.1. The van der Waals surface area contributed by atoms with Crippen LogP contribution < -0.4 is 20.1 Å². The minimum atomic E-state index is -0.285. The molecule has 21 heavy (non-hydrogen) atoms. The van der Waals surface area contributed by atoms with Gasteiger partial charge < -0.3 is 14.8 Å². The Balaban J connectivity index is 1.64. The maximum atomic E-state index is 11.9. The second kappa shape index (κ2) is 6.01. The fourth-order valence-electron chi connectivity index (χ4n) is 2.03. The number of carbonyl (C=O) groups is 1. The first-order chi connectivity index (χ1) is 10.2. The minimum Gasteiger partial charge on any atom is -0.486 e. The summed E-state index contributed by atoms with van der Waals surface area (Å²) >= 11 is 1.37. The van der Waals surface area contributed by atoms with Gasteiger partial charge in [0.1, 0.15) is 13.2 Å². The van der Waals surface area contributed by atoms with Crippen LogP contribution in [0.1, 0.15) is 18.5 Å². The zero-order valence-electron chi connectivity index (χ0n) is 11.5. The average Bonchev–Trinajstić information content (AvgIpc) is 2.99. The number of hydrogen-bond acceptors (Lipinski definition) is 5. The van der Waals surface area contributed by atoms with E-state index in [1.165, 1.54) is 11.3 Å². The summed E-state index contributed by atoms with van der Waals surface area (Å²) in [6.07, 6.45) is 1.64. The molecule has 2 aromatic rings. The summed E-state index contributed by atoms with van der Waals surface area (Å²) in [6, 6.07) is 5.24. The van der Waals surface area contributed by atoms with Crippen molar-refractivity contribution in [1.29, 1.82) is 0 Å². The van der Waals surface area contributed by atoms with E-state index in [0.29, 0.717) is 24.1 Å². The Morgan fingerprint density at radius 3 is 2.90 bits per heavy atom. The van der Waals surface area contributed by atoms with Gasteiger partial charge in [0.15, 0.2) is 16.6 Å². The molecule has 0 fully saturated rings. The van der Waals surface area contributed by atoms with Crippen molar-refractivity contribution in [3.8, 4) is 11.5 Å². The number of thiazole rings is 1. The molecule has 0 bridgehead atoms. The van der Waals surface area contributed by atoms with E-state index in [2.05, 4.69) is 15.6 Å². The molecule has 1 aliphatic heterocycles. The van der Waals surface area contributed by atoms with Gasteiger partial charge in [-0.2, -0.15) is 0 Å². The van der Waals surface area contributed by atoms with E-state index < -0.39 is 0 Å². The van der Waals surface area contributed by atoms with Crippen LogP contribution in [-0.4, -0.2) is 24.2 Å². The number of hydrogen-bond donors (Lipinski definition) is 2. The van der Waals surface area contributed by atoms with Crippen molar-refractivity contribution in [3.63, 3.8) is 0 Å². The molecule has 1 atom stereocenters. The third-order valence-corrected chi connectivity index (χ3v) is 3.76.